The summed E-state index contributed by atoms with van der Waals surface area (Å²) < 4.78 is 30.1. The van der Waals surface area contributed by atoms with E-state index in [1.54, 1.807) is 33.7 Å². The molecule has 5 rings (SSSR count). The van der Waals surface area contributed by atoms with Crippen LogP contribution in [0.5, 0.6) is 0 Å². The first kappa shape index (κ1) is 23.4. The maximum Gasteiger partial charge on any atom is 0.346 e. The highest BCUT2D eigenvalue weighted by Crippen LogP contribution is 2.30. The molecule has 3 heterocycles. The van der Waals surface area contributed by atoms with Crippen LogP contribution in [-0.2, 0) is 24.3 Å². The molecule has 1 saturated heterocycles. The van der Waals surface area contributed by atoms with E-state index in [2.05, 4.69) is 10.00 Å². The second-order valence-electron chi connectivity index (χ2n) is 9.24. The Labute approximate surface area is 202 Å². The predicted octanol–water partition coefficient (Wildman–Crippen LogP) is 2.98. The van der Waals surface area contributed by atoms with Crippen molar-refractivity contribution in [3.8, 4) is 0 Å². The molecule has 2 aliphatic rings. The molecule has 184 valence electrons. The van der Waals surface area contributed by atoms with E-state index in [-0.39, 0.29) is 35.8 Å². The number of aryl methyl sites for hydroxylation is 1. The molecule has 0 aliphatic carbocycles. The number of piperazine rings is 1. The number of rotatable bonds is 5. The van der Waals surface area contributed by atoms with Crippen molar-refractivity contribution in [3.63, 3.8) is 0 Å². The molecule has 2 aromatic carbocycles. The highest BCUT2D eigenvalue weighted by atomic mass is 19.1. The SMILES string of the molecule is O=C(Cn1nc2n(c1=O)CCCCC2)N1CCN(C(c2ccc(F)cc2)c2ccc(F)cc2)CC1. The molecule has 7 nitrogen and oxygen atoms in total. The van der Waals surface area contributed by atoms with Crippen LogP contribution < -0.4 is 5.69 Å². The van der Waals surface area contributed by atoms with E-state index >= 15 is 0 Å². The summed E-state index contributed by atoms with van der Waals surface area (Å²) >= 11 is 0. The van der Waals surface area contributed by atoms with Crippen molar-refractivity contribution in [2.45, 2.75) is 44.8 Å². The second-order valence-corrected chi connectivity index (χ2v) is 9.24. The van der Waals surface area contributed by atoms with Crippen molar-refractivity contribution in [1.29, 1.82) is 0 Å². The Morgan fingerprint density at radius 3 is 2.03 bits per heavy atom. The molecule has 1 amide bonds. The van der Waals surface area contributed by atoms with E-state index in [4.69, 9.17) is 0 Å². The molecule has 0 spiro atoms. The molecule has 1 aromatic heterocycles. The fraction of sp³-hybridized carbons (Fsp3) is 0.423. The monoisotopic (exact) mass is 481 g/mol. The van der Waals surface area contributed by atoms with Crippen LogP contribution in [0.15, 0.2) is 53.3 Å². The summed E-state index contributed by atoms with van der Waals surface area (Å²) in [6.07, 6.45) is 3.82. The van der Waals surface area contributed by atoms with Gasteiger partial charge in [-0.2, -0.15) is 5.10 Å². The highest BCUT2D eigenvalue weighted by molar-refractivity contribution is 5.76. The van der Waals surface area contributed by atoms with E-state index in [0.717, 1.165) is 42.6 Å². The molecule has 3 aromatic rings. The average Bonchev–Trinajstić information content (AvgIpc) is 3.01. The molecule has 0 N–H and O–H groups in total. The summed E-state index contributed by atoms with van der Waals surface area (Å²) in [7, 11) is 0. The van der Waals surface area contributed by atoms with E-state index in [0.29, 0.717) is 32.7 Å². The quantitative estimate of drug-likeness (QED) is 0.562. The third kappa shape index (κ3) is 5.05. The number of nitrogens with zero attached hydrogens (tertiary/aromatic N) is 5. The van der Waals surface area contributed by atoms with Gasteiger partial charge in [-0.3, -0.25) is 14.3 Å². The first-order chi connectivity index (χ1) is 17.0. The first-order valence-electron chi connectivity index (χ1n) is 12.2. The third-order valence-electron chi connectivity index (χ3n) is 6.97. The smallest absolute Gasteiger partial charge is 0.339 e. The topological polar surface area (TPSA) is 63.4 Å². The Hall–Kier alpha value is -3.33. The van der Waals surface area contributed by atoms with Gasteiger partial charge in [-0.25, -0.2) is 18.3 Å². The lowest BCUT2D eigenvalue weighted by molar-refractivity contribution is -0.134. The molecule has 35 heavy (non-hydrogen) atoms. The van der Waals surface area contributed by atoms with Gasteiger partial charge in [0.1, 0.15) is 24.0 Å². The minimum atomic E-state index is -0.311. The van der Waals surface area contributed by atoms with Crippen LogP contribution in [-0.4, -0.2) is 56.2 Å². The Bertz CT molecular complexity index is 1180. The first-order valence-corrected chi connectivity index (χ1v) is 12.2. The van der Waals surface area contributed by atoms with Gasteiger partial charge in [-0.15, -0.1) is 0 Å². The lowest BCUT2D eigenvalue weighted by Gasteiger charge is -2.39. The fourth-order valence-corrected chi connectivity index (χ4v) is 5.09. The van der Waals surface area contributed by atoms with Gasteiger partial charge >= 0.3 is 5.69 Å². The predicted molar refractivity (Wildman–Crippen MR) is 127 cm³/mol. The van der Waals surface area contributed by atoms with Gasteiger partial charge in [0.25, 0.3) is 0 Å². The zero-order valence-corrected chi connectivity index (χ0v) is 19.6. The lowest BCUT2D eigenvalue weighted by atomic mass is 9.96. The summed E-state index contributed by atoms with van der Waals surface area (Å²) in [5.74, 6) is 0.0226. The fourth-order valence-electron chi connectivity index (χ4n) is 5.09. The number of benzene rings is 2. The number of aromatic nitrogens is 3. The van der Waals surface area contributed by atoms with E-state index in [1.165, 1.54) is 28.9 Å². The molecular weight excluding hydrogens is 452 g/mol. The molecule has 0 atom stereocenters. The number of hydrogen-bond donors (Lipinski definition) is 0. The van der Waals surface area contributed by atoms with Crippen molar-refractivity contribution >= 4 is 5.91 Å². The van der Waals surface area contributed by atoms with Gasteiger partial charge in [-0.1, -0.05) is 30.7 Å². The molecule has 0 radical (unpaired) electrons. The van der Waals surface area contributed by atoms with Crippen molar-refractivity contribution in [2.75, 3.05) is 26.2 Å². The largest absolute Gasteiger partial charge is 0.346 e. The zero-order chi connectivity index (χ0) is 24.4. The Morgan fingerprint density at radius 2 is 1.43 bits per heavy atom. The molecule has 0 bridgehead atoms. The minimum absolute atomic E-state index is 0.0574. The van der Waals surface area contributed by atoms with Crippen LogP contribution in [0, 0.1) is 11.6 Å². The van der Waals surface area contributed by atoms with Crippen LogP contribution in [0.1, 0.15) is 42.3 Å². The average molecular weight is 482 g/mol. The van der Waals surface area contributed by atoms with E-state index in [9.17, 15) is 18.4 Å². The minimum Gasteiger partial charge on any atom is -0.339 e. The summed E-state index contributed by atoms with van der Waals surface area (Å²) in [5, 5.41) is 4.43. The van der Waals surface area contributed by atoms with Crippen molar-refractivity contribution < 1.29 is 13.6 Å². The van der Waals surface area contributed by atoms with Crippen LogP contribution in [0.25, 0.3) is 0 Å². The lowest BCUT2D eigenvalue weighted by Crippen LogP contribution is -2.51. The number of hydrogen-bond acceptors (Lipinski definition) is 4. The number of fused-ring (bicyclic) bond motifs is 1. The normalized spacial score (nSPS) is 16.8. The molecule has 0 saturated carbocycles. The van der Waals surface area contributed by atoms with Gasteiger partial charge in [0.15, 0.2) is 0 Å². The number of carbonyl (C=O) groups is 1. The number of carbonyl (C=O) groups excluding carboxylic acids is 1. The second kappa shape index (κ2) is 10.1. The summed E-state index contributed by atoms with van der Waals surface area (Å²) in [4.78, 5) is 29.7. The van der Waals surface area contributed by atoms with Gasteiger partial charge in [-0.05, 0) is 48.2 Å². The van der Waals surface area contributed by atoms with Crippen molar-refractivity contribution in [1.82, 2.24) is 24.1 Å². The van der Waals surface area contributed by atoms with Crippen LogP contribution >= 0.6 is 0 Å². The summed E-state index contributed by atoms with van der Waals surface area (Å²) in [5.41, 5.74) is 1.61. The Morgan fingerprint density at radius 1 is 0.829 bits per heavy atom. The van der Waals surface area contributed by atoms with Gasteiger partial charge in [0, 0.05) is 39.1 Å². The molecule has 0 unspecified atom stereocenters. The molecule has 2 aliphatic heterocycles. The van der Waals surface area contributed by atoms with E-state index in [1.807, 2.05) is 0 Å². The number of amides is 1. The molecular formula is C26H29F2N5O2. The molecule has 9 heteroatoms. The van der Waals surface area contributed by atoms with Gasteiger partial charge < -0.3 is 4.90 Å². The number of halogens is 2. The molecule has 1 fully saturated rings. The van der Waals surface area contributed by atoms with Crippen LogP contribution in [0.4, 0.5) is 8.78 Å². The van der Waals surface area contributed by atoms with Crippen molar-refractivity contribution in [2.24, 2.45) is 0 Å². The van der Waals surface area contributed by atoms with Crippen LogP contribution in [0.3, 0.4) is 0 Å². The standard InChI is InChI=1S/C26H29F2N5O2/c27-21-9-5-19(6-10-21)25(20-7-11-22(28)12-8-20)31-16-14-30(15-17-31)24(34)18-33-26(35)32-13-3-1-2-4-23(32)29-33/h5-12,25H,1-4,13-18H2. The Balaban J connectivity index is 1.28. The third-order valence-corrected chi connectivity index (χ3v) is 6.97. The van der Waals surface area contributed by atoms with Crippen LogP contribution in [0.2, 0.25) is 0 Å². The maximum atomic E-state index is 13.6. The van der Waals surface area contributed by atoms with Gasteiger partial charge in [0.2, 0.25) is 5.91 Å². The van der Waals surface area contributed by atoms with Crippen molar-refractivity contribution in [3.05, 3.63) is 87.6 Å². The maximum absolute atomic E-state index is 13.6. The summed E-state index contributed by atoms with van der Waals surface area (Å²) in [6, 6.07) is 12.5. The Kier molecular flexibility index (Phi) is 6.77. The van der Waals surface area contributed by atoms with E-state index < -0.39 is 0 Å². The highest BCUT2D eigenvalue weighted by Gasteiger charge is 2.29. The van der Waals surface area contributed by atoms with Gasteiger partial charge in [0.05, 0.1) is 6.04 Å². The zero-order valence-electron chi connectivity index (χ0n) is 19.6. The summed E-state index contributed by atoms with van der Waals surface area (Å²) in [6.45, 7) is 2.80.